The van der Waals surface area contributed by atoms with Gasteiger partial charge in [0.15, 0.2) is 0 Å². The molecule has 3 nitrogen and oxygen atoms in total. The van der Waals surface area contributed by atoms with Crippen molar-refractivity contribution in [2.24, 2.45) is 0 Å². The first-order chi connectivity index (χ1) is 7.24. The minimum Gasteiger partial charge on any atom is -0.467 e. The van der Waals surface area contributed by atoms with Gasteiger partial charge in [0.1, 0.15) is 5.76 Å². The first kappa shape index (κ1) is 12.1. The maximum Gasteiger partial charge on any atom is 0.220 e. The average Bonchev–Trinajstić information content (AvgIpc) is 2.70. The van der Waals surface area contributed by atoms with Gasteiger partial charge in [0.25, 0.3) is 0 Å². The van der Waals surface area contributed by atoms with Crippen LogP contribution in [0.2, 0.25) is 0 Å². The number of rotatable bonds is 6. The Kier molecular flexibility index (Phi) is 5.26. The number of carbonyl (C=O) groups excluding carboxylic acids is 1. The van der Waals surface area contributed by atoms with Gasteiger partial charge in [0.05, 0.1) is 12.3 Å². The van der Waals surface area contributed by atoms with Gasteiger partial charge in [-0.05, 0) is 31.9 Å². The highest BCUT2D eigenvalue weighted by Crippen LogP contribution is 2.12. The summed E-state index contributed by atoms with van der Waals surface area (Å²) in [5.74, 6) is 1.44. The van der Waals surface area contributed by atoms with Crippen LogP contribution in [0, 0.1) is 0 Å². The minimum atomic E-state index is -0.0662. The van der Waals surface area contributed by atoms with E-state index in [0.29, 0.717) is 12.3 Å². The fraction of sp³-hybridized carbons (Fsp3) is 0.545. The third kappa shape index (κ3) is 4.38. The van der Waals surface area contributed by atoms with E-state index in [2.05, 4.69) is 5.32 Å². The molecule has 0 saturated heterocycles. The molecule has 0 aliphatic rings. The molecule has 1 aromatic rings. The number of halogens is 1. The van der Waals surface area contributed by atoms with Gasteiger partial charge < -0.3 is 9.73 Å². The van der Waals surface area contributed by atoms with E-state index in [0.717, 1.165) is 18.6 Å². The molecule has 84 valence electrons. The van der Waals surface area contributed by atoms with Crippen molar-refractivity contribution < 1.29 is 9.21 Å². The molecule has 1 atom stereocenters. The van der Waals surface area contributed by atoms with Crippen LogP contribution in [0.1, 0.15) is 38.0 Å². The van der Waals surface area contributed by atoms with E-state index in [9.17, 15) is 4.79 Å². The quantitative estimate of drug-likeness (QED) is 0.602. The van der Waals surface area contributed by atoms with E-state index >= 15 is 0 Å². The summed E-state index contributed by atoms with van der Waals surface area (Å²) >= 11 is 5.53. The lowest BCUT2D eigenvalue weighted by Gasteiger charge is -2.10. The van der Waals surface area contributed by atoms with Gasteiger partial charge in [-0.2, -0.15) is 0 Å². The van der Waals surface area contributed by atoms with Crippen LogP contribution in [0.25, 0.3) is 0 Å². The number of unbranched alkanes of at least 4 members (excludes halogenated alkanes) is 1. The van der Waals surface area contributed by atoms with Crippen molar-refractivity contribution in [1.29, 1.82) is 0 Å². The Morgan fingerprint density at radius 1 is 1.60 bits per heavy atom. The Bertz CT molecular complexity index is 285. The van der Waals surface area contributed by atoms with Crippen molar-refractivity contribution in [1.82, 2.24) is 5.32 Å². The second-order valence-electron chi connectivity index (χ2n) is 3.45. The smallest absolute Gasteiger partial charge is 0.220 e. The molecule has 1 N–H and O–H groups in total. The van der Waals surface area contributed by atoms with Crippen molar-refractivity contribution in [2.45, 2.75) is 32.2 Å². The summed E-state index contributed by atoms with van der Waals surface area (Å²) in [5, 5.41) is 2.87. The lowest BCUT2D eigenvalue weighted by atomic mass is 10.2. The second kappa shape index (κ2) is 6.51. The zero-order valence-electron chi connectivity index (χ0n) is 8.83. The number of hydrogen-bond acceptors (Lipinski definition) is 2. The number of carbonyl (C=O) groups is 1. The highest BCUT2D eigenvalue weighted by atomic mass is 35.5. The molecule has 1 amide bonds. The minimum absolute atomic E-state index is 0.0454. The Morgan fingerprint density at radius 2 is 2.40 bits per heavy atom. The maximum atomic E-state index is 11.4. The predicted molar refractivity (Wildman–Crippen MR) is 59.8 cm³/mol. The van der Waals surface area contributed by atoms with Gasteiger partial charge in [-0.1, -0.05) is 0 Å². The zero-order chi connectivity index (χ0) is 11.1. The molecule has 1 aromatic heterocycles. The van der Waals surface area contributed by atoms with Crippen molar-refractivity contribution in [3.63, 3.8) is 0 Å². The Hall–Kier alpha value is -0.960. The lowest BCUT2D eigenvalue weighted by Crippen LogP contribution is -2.25. The molecule has 0 fully saturated rings. The largest absolute Gasteiger partial charge is 0.467 e. The van der Waals surface area contributed by atoms with E-state index < -0.39 is 0 Å². The van der Waals surface area contributed by atoms with Crippen LogP contribution >= 0.6 is 11.6 Å². The molecule has 0 aliphatic carbocycles. The van der Waals surface area contributed by atoms with Crippen molar-refractivity contribution >= 4 is 17.5 Å². The molecule has 1 heterocycles. The van der Waals surface area contributed by atoms with Crippen LogP contribution in [-0.2, 0) is 4.79 Å². The van der Waals surface area contributed by atoms with E-state index in [1.807, 2.05) is 19.1 Å². The molecule has 0 saturated carbocycles. The van der Waals surface area contributed by atoms with Crippen LogP contribution in [-0.4, -0.2) is 11.8 Å². The molecule has 4 heteroatoms. The second-order valence-corrected chi connectivity index (χ2v) is 3.83. The van der Waals surface area contributed by atoms with Gasteiger partial charge >= 0.3 is 0 Å². The summed E-state index contributed by atoms with van der Waals surface area (Å²) in [6, 6.07) is 3.60. The fourth-order valence-electron chi connectivity index (χ4n) is 1.30. The average molecular weight is 230 g/mol. The van der Waals surface area contributed by atoms with Crippen LogP contribution in [0.5, 0.6) is 0 Å². The van der Waals surface area contributed by atoms with Gasteiger partial charge in [0, 0.05) is 12.3 Å². The monoisotopic (exact) mass is 229 g/mol. The summed E-state index contributed by atoms with van der Waals surface area (Å²) in [6.07, 6.45) is 3.84. The number of hydrogen-bond donors (Lipinski definition) is 1. The van der Waals surface area contributed by atoms with Crippen molar-refractivity contribution in [3.05, 3.63) is 24.2 Å². The van der Waals surface area contributed by atoms with E-state index in [4.69, 9.17) is 16.0 Å². The maximum absolute atomic E-state index is 11.4. The van der Waals surface area contributed by atoms with Gasteiger partial charge in [-0.15, -0.1) is 11.6 Å². The van der Waals surface area contributed by atoms with Gasteiger partial charge in [0.2, 0.25) is 5.91 Å². The highest BCUT2D eigenvalue weighted by molar-refractivity contribution is 6.17. The van der Waals surface area contributed by atoms with E-state index in [1.165, 1.54) is 0 Å². The van der Waals surface area contributed by atoms with Gasteiger partial charge in [-0.25, -0.2) is 0 Å². The third-order valence-electron chi connectivity index (χ3n) is 2.13. The van der Waals surface area contributed by atoms with E-state index in [1.54, 1.807) is 6.26 Å². The molecule has 0 spiro atoms. The topological polar surface area (TPSA) is 42.2 Å². The summed E-state index contributed by atoms with van der Waals surface area (Å²) in [5.41, 5.74) is 0. The number of nitrogens with one attached hydrogen (secondary N) is 1. The summed E-state index contributed by atoms with van der Waals surface area (Å²) in [6.45, 7) is 1.90. The predicted octanol–water partition coefficient (Wildman–Crippen LogP) is 2.87. The molecule has 0 aromatic carbocycles. The lowest BCUT2D eigenvalue weighted by molar-refractivity contribution is -0.121. The van der Waals surface area contributed by atoms with Crippen molar-refractivity contribution in [2.75, 3.05) is 5.88 Å². The van der Waals surface area contributed by atoms with Crippen LogP contribution in [0.3, 0.4) is 0 Å². The first-order valence-corrected chi connectivity index (χ1v) is 5.66. The number of furan rings is 1. The molecular formula is C11H16ClNO2. The van der Waals surface area contributed by atoms with Crippen LogP contribution in [0.4, 0.5) is 0 Å². The molecule has 0 aliphatic heterocycles. The third-order valence-corrected chi connectivity index (χ3v) is 2.40. The zero-order valence-corrected chi connectivity index (χ0v) is 9.59. The first-order valence-electron chi connectivity index (χ1n) is 5.12. The van der Waals surface area contributed by atoms with Gasteiger partial charge in [-0.3, -0.25) is 4.79 Å². The molecule has 1 rings (SSSR count). The van der Waals surface area contributed by atoms with Crippen LogP contribution in [0.15, 0.2) is 22.8 Å². The molecular weight excluding hydrogens is 214 g/mol. The number of alkyl halides is 1. The summed E-state index contributed by atoms with van der Waals surface area (Å²) < 4.78 is 5.19. The van der Waals surface area contributed by atoms with Crippen molar-refractivity contribution in [3.8, 4) is 0 Å². The van der Waals surface area contributed by atoms with E-state index in [-0.39, 0.29) is 11.9 Å². The SMILES string of the molecule is C[C@@H](NC(=O)CCCCCl)c1ccco1. The standard InChI is InChI=1S/C11H16ClNO2/c1-9(10-5-4-8-15-10)13-11(14)6-2-3-7-12/h4-5,8-9H,2-3,6-7H2,1H3,(H,13,14)/t9-/m1/s1. The fourth-order valence-corrected chi connectivity index (χ4v) is 1.49. The Labute approximate surface area is 94.8 Å². The highest BCUT2D eigenvalue weighted by Gasteiger charge is 2.10. The summed E-state index contributed by atoms with van der Waals surface area (Å²) in [4.78, 5) is 11.4. The summed E-state index contributed by atoms with van der Waals surface area (Å²) in [7, 11) is 0. The van der Waals surface area contributed by atoms with Crippen LogP contribution < -0.4 is 5.32 Å². The molecule has 0 unspecified atom stereocenters. The normalized spacial score (nSPS) is 12.4. The Morgan fingerprint density at radius 3 is 3.00 bits per heavy atom. The molecule has 0 bridgehead atoms. The molecule has 0 radical (unpaired) electrons. The Balaban J connectivity index is 2.26. The molecule has 15 heavy (non-hydrogen) atoms. The number of amides is 1.